The lowest BCUT2D eigenvalue weighted by Crippen LogP contribution is -2.38. The number of carbonyl (C=O) groups excluding carboxylic acids is 1. The molecule has 6 heteroatoms. The van der Waals surface area contributed by atoms with Crippen LogP contribution >= 0.6 is 0 Å². The fraction of sp³-hybridized carbons (Fsp3) is 0.500. The smallest absolute Gasteiger partial charge is 0.458 e. The van der Waals surface area contributed by atoms with Gasteiger partial charge in [0.15, 0.2) is 0 Å². The quantitative estimate of drug-likeness (QED) is 0.754. The molecule has 2 atom stereocenters. The van der Waals surface area contributed by atoms with Gasteiger partial charge in [0, 0.05) is 18.7 Å². The van der Waals surface area contributed by atoms with Crippen LogP contribution in [0.1, 0.15) is 37.7 Å². The van der Waals surface area contributed by atoms with Gasteiger partial charge in [0.2, 0.25) is 0 Å². The third-order valence-corrected chi connectivity index (χ3v) is 4.02. The third kappa shape index (κ3) is 5.28. The summed E-state index contributed by atoms with van der Waals surface area (Å²) < 4.78 is 5.30. The van der Waals surface area contributed by atoms with E-state index < -0.39 is 19.2 Å². The number of carboxylic acids is 1. The van der Waals surface area contributed by atoms with E-state index in [0.717, 1.165) is 5.56 Å². The zero-order valence-electron chi connectivity index (χ0n) is 12.5. The Morgan fingerprint density at radius 3 is 2.55 bits per heavy atom. The molecule has 0 unspecified atom stereocenters. The van der Waals surface area contributed by atoms with Crippen molar-refractivity contribution in [1.29, 1.82) is 0 Å². The average Bonchev–Trinajstić information content (AvgIpc) is 2.48. The van der Waals surface area contributed by atoms with Gasteiger partial charge in [-0.15, -0.1) is 0 Å². The first kappa shape index (κ1) is 16.7. The second-order valence-corrected chi connectivity index (χ2v) is 5.81. The molecule has 0 saturated carbocycles. The minimum Gasteiger partial charge on any atom is -0.481 e. The maximum atomic E-state index is 12.0. The zero-order chi connectivity index (χ0) is 15.9. The van der Waals surface area contributed by atoms with E-state index in [1.54, 1.807) is 0 Å². The second-order valence-electron chi connectivity index (χ2n) is 5.81. The molecule has 0 aliphatic carbocycles. The molecule has 0 aromatic heterocycles. The molecule has 22 heavy (non-hydrogen) atoms. The molecule has 0 spiro atoms. The van der Waals surface area contributed by atoms with Gasteiger partial charge in [-0.2, -0.15) is 0 Å². The van der Waals surface area contributed by atoms with Crippen LogP contribution in [0.4, 0.5) is 0 Å². The number of benzene rings is 1. The number of hydrogen-bond acceptors (Lipinski definition) is 4. The number of ketones is 1. The van der Waals surface area contributed by atoms with Gasteiger partial charge < -0.3 is 14.8 Å². The zero-order valence-corrected chi connectivity index (χ0v) is 12.5. The van der Waals surface area contributed by atoms with Crippen LogP contribution in [0.25, 0.3) is 0 Å². The van der Waals surface area contributed by atoms with Crippen LogP contribution in [0.15, 0.2) is 30.3 Å². The van der Waals surface area contributed by atoms with Gasteiger partial charge >= 0.3 is 13.1 Å². The minimum atomic E-state index is -1.04. The number of aliphatic carboxylic acids is 1. The number of carbonyl (C=O) groups is 2. The summed E-state index contributed by atoms with van der Waals surface area (Å²) in [6.45, 7) is 0. The average molecular weight is 304 g/mol. The van der Waals surface area contributed by atoms with Crippen molar-refractivity contribution in [1.82, 2.24) is 0 Å². The Hall–Kier alpha value is -1.66. The molecule has 1 aliphatic rings. The molecule has 5 nitrogen and oxygen atoms in total. The second kappa shape index (κ2) is 8.10. The Labute approximate surface area is 130 Å². The summed E-state index contributed by atoms with van der Waals surface area (Å²) in [5.74, 6) is -1.06. The molecule has 1 aliphatic heterocycles. The van der Waals surface area contributed by atoms with Crippen LogP contribution < -0.4 is 0 Å². The summed E-state index contributed by atoms with van der Waals surface area (Å²) in [6.07, 6.45) is 2.06. The molecule has 1 fully saturated rings. The Balaban J connectivity index is 1.74. The minimum absolute atomic E-state index is 0.105. The van der Waals surface area contributed by atoms with Gasteiger partial charge in [-0.25, -0.2) is 0 Å². The largest absolute Gasteiger partial charge is 0.481 e. The van der Waals surface area contributed by atoms with E-state index in [0.29, 0.717) is 25.7 Å². The van der Waals surface area contributed by atoms with E-state index in [2.05, 4.69) is 0 Å². The highest BCUT2D eigenvalue weighted by atomic mass is 16.5. The first-order valence-electron chi connectivity index (χ1n) is 7.65. The molecule has 1 saturated heterocycles. The van der Waals surface area contributed by atoms with Crippen molar-refractivity contribution >= 4 is 18.9 Å². The van der Waals surface area contributed by atoms with Crippen LogP contribution in [-0.4, -0.2) is 35.1 Å². The first-order valence-corrected chi connectivity index (χ1v) is 7.65. The Morgan fingerprint density at radius 1 is 1.18 bits per heavy atom. The predicted molar refractivity (Wildman–Crippen MR) is 82.5 cm³/mol. The Morgan fingerprint density at radius 2 is 1.91 bits per heavy atom. The lowest BCUT2D eigenvalue weighted by atomic mass is 9.64. The van der Waals surface area contributed by atoms with Gasteiger partial charge in [-0.05, 0) is 24.8 Å². The Bertz CT molecular complexity index is 505. The molecule has 118 valence electrons. The van der Waals surface area contributed by atoms with Crippen LogP contribution in [-0.2, 0) is 20.7 Å². The van der Waals surface area contributed by atoms with Crippen LogP contribution in [0.3, 0.4) is 0 Å². The van der Waals surface area contributed by atoms with E-state index in [1.807, 2.05) is 30.3 Å². The topological polar surface area (TPSA) is 83.8 Å². The molecule has 0 amide bonds. The van der Waals surface area contributed by atoms with Gasteiger partial charge in [-0.1, -0.05) is 30.3 Å². The van der Waals surface area contributed by atoms with Crippen molar-refractivity contribution in [3.05, 3.63) is 35.9 Å². The van der Waals surface area contributed by atoms with E-state index in [9.17, 15) is 14.6 Å². The molecule has 2 N–H and O–H groups in total. The number of carboxylic acid groups (broad SMARTS) is 1. The maximum Gasteiger partial charge on any atom is 0.458 e. The predicted octanol–water partition coefficient (Wildman–Crippen LogP) is 2.08. The number of rotatable bonds is 7. The fourth-order valence-electron chi connectivity index (χ4n) is 2.79. The lowest BCUT2D eigenvalue weighted by molar-refractivity contribution is -0.139. The standard InChI is InChI=1S/C16H21BO5/c18-14(8-6-12-4-2-1-3-5-12)10-13-7-9-15(11-16(19)20)22-17(13)21/h1-5,13,15,21H,6-11H2,(H,19,20)/t13-,15+/m1/s1. The summed E-state index contributed by atoms with van der Waals surface area (Å²) in [4.78, 5) is 22.7. The van der Waals surface area contributed by atoms with Crippen molar-refractivity contribution in [2.45, 2.75) is 50.4 Å². The summed E-state index contributed by atoms with van der Waals surface area (Å²) in [5.41, 5.74) is 1.12. The number of hydrogen-bond donors (Lipinski definition) is 2. The molecule has 1 aromatic rings. The SMILES string of the molecule is O=C(O)C[C@@H]1CC[C@H](CC(=O)CCc2ccccc2)B(O)O1. The first-order chi connectivity index (χ1) is 10.5. The van der Waals surface area contributed by atoms with Crippen LogP contribution in [0.5, 0.6) is 0 Å². The number of aryl methyl sites for hydroxylation is 1. The number of Topliss-reactive ketones (excluding diaryl/α,β-unsaturated/α-hetero) is 1. The molecule has 2 rings (SSSR count). The normalized spacial score (nSPS) is 21.6. The van der Waals surface area contributed by atoms with Crippen LogP contribution in [0.2, 0.25) is 5.82 Å². The Kier molecular flexibility index (Phi) is 6.15. The van der Waals surface area contributed by atoms with Gasteiger partial charge in [0.25, 0.3) is 0 Å². The van der Waals surface area contributed by atoms with E-state index >= 15 is 0 Å². The highest BCUT2D eigenvalue weighted by molar-refractivity contribution is 6.45. The monoisotopic (exact) mass is 304 g/mol. The van der Waals surface area contributed by atoms with E-state index in [4.69, 9.17) is 9.76 Å². The molecule has 1 heterocycles. The summed E-state index contributed by atoms with van der Waals surface area (Å²) >= 11 is 0. The molecule has 0 radical (unpaired) electrons. The molecular formula is C16H21BO5. The summed E-state index contributed by atoms with van der Waals surface area (Å²) in [6, 6.07) is 9.81. The van der Waals surface area contributed by atoms with Gasteiger partial charge in [0.1, 0.15) is 5.78 Å². The summed E-state index contributed by atoms with van der Waals surface area (Å²) in [5, 5.41) is 18.6. The molecular weight excluding hydrogens is 283 g/mol. The lowest BCUT2D eigenvalue weighted by Gasteiger charge is -2.30. The van der Waals surface area contributed by atoms with Crippen molar-refractivity contribution in [3.63, 3.8) is 0 Å². The van der Waals surface area contributed by atoms with Crippen molar-refractivity contribution < 1.29 is 24.4 Å². The third-order valence-electron chi connectivity index (χ3n) is 4.02. The van der Waals surface area contributed by atoms with E-state index in [-0.39, 0.29) is 24.4 Å². The molecule has 1 aromatic carbocycles. The highest BCUT2D eigenvalue weighted by Crippen LogP contribution is 2.31. The highest BCUT2D eigenvalue weighted by Gasteiger charge is 2.36. The molecule has 0 bridgehead atoms. The van der Waals surface area contributed by atoms with Gasteiger partial charge in [-0.3, -0.25) is 9.59 Å². The van der Waals surface area contributed by atoms with Crippen molar-refractivity contribution in [3.8, 4) is 0 Å². The van der Waals surface area contributed by atoms with E-state index in [1.165, 1.54) is 0 Å². The van der Waals surface area contributed by atoms with Gasteiger partial charge in [0.05, 0.1) is 12.5 Å². The van der Waals surface area contributed by atoms with Crippen molar-refractivity contribution in [2.75, 3.05) is 0 Å². The maximum absolute atomic E-state index is 12.0. The van der Waals surface area contributed by atoms with Crippen LogP contribution in [0, 0.1) is 0 Å². The fourth-order valence-corrected chi connectivity index (χ4v) is 2.79. The summed E-state index contributed by atoms with van der Waals surface area (Å²) in [7, 11) is -1.04. The van der Waals surface area contributed by atoms with Crippen molar-refractivity contribution in [2.24, 2.45) is 0 Å².